The zero-order valence-corrected chi connectivity index (χ0v) is 6.90. The van der Waals surface area contributed by atoms with E-state index in [1.807, 2.05) is 19.1 Å². The average molecular weight is 162 g/mol. The van der Waals surface area contributed by atoms with E-state index in [0.29, 0.717) is 0 Å². The highest BCUT2D eigenvalue weighted by Crippen LogP contribution is 2.10. The second kappa shape index (κ2) is 2.93. The molecule has 12 heavy (non-hydrogen) atoms. The number of rotatable bonds is 1. The van der Waals surface area contributed by atoms with E-state index in [-0.39, 0.29) is 6.10 Å². The van der Waals surface area contributed by atoms with Gasteiger partial charge in [0.15, 0.2) is 0 Å². The fourth-order valence-electron chi connectivity index (χ4n) is 1.13. The largest absolute Gasteiger partial charge is 0.472 e. The van der Waals surface area contributed by atoms with E-state index >= 15 is 0 Å². The van der Waals surface area contributed by atoms with Gasteiger partial charge in [-0.05, 0) is 19.1 Å². The van der Waals surface area contributed by atoms with Crippen molar-refractivity contribution in [1.82, 2.24) is 4.98 Å². The number of aliphatic imine (C=N–C) groups is 1. The summed E-state index contributed by atoms with van der Waals surface area (Å²) in [5, 5.41) is 0. The van der Waals surface area contributed by atoms with Crippen molar-refractivity contribution < 1.29 is 4.74 Å². The molecule has 0 bridgehead atoms. The van der Waals surface area contributed by atoms with E-state index in [4.69, 9.17) is 4.74 Å². The van der Waals surface area contributed by atoms with E-state index in [9.17, 15) is 0 Å². The highest BCUT2D eigenvalue weighted by Gasteiger charge is 2.15. The molecule has 62 valence electrons. The lowest BCUT2D eigenvalue weighted by Crippen LogP contribution is -2.08. The standard InChI is InChI=1S/C9H10N2O/c1-7-6-11-9(12-7)8-2-4-10-5-3-8/h2-5,7H,6H2,1H3. The summed E-state index contributed by atoms with van der Waals surface area (Å²) in [6, 6.07) is 3.80. The van der Waals surface area contributed by atoms with Gasteiger partial charge in [-0.15, -0.1) is 0 Å². The Bertz CT molecular complexity index is 295. The van der Waals surface area contributed by atoms with Crippen LogP contribution in [0.3, 0.4) is 0 Å². The minimum Gasteiger partial charge on any atom is -0.472 e. The molecule has 0 fully saturated rings. The van der Waals surface area contributed by atoms with E-state index in [1.165, 1.54) is 0 Å². The third kappa shape index (κ3) is 1.30. The van der Waals surface area contributed by atoms with Gasteiger partial charge in [-0.3, -0.25) is 4.98 Å². The van der Waals surface area contributed by atoms with Crippen LogP contribution in [0.2, 0.25) is 0 Å². The Labute approximate surface area is 71.1 Å². The van der Waals surface area contributed by atoms with Crippen LogP contribution in [-0.4, -0.2) is 23.5 Å². The summed E-state index contributed by atoms with van der Waals surface area (Å²) in [4.78, 5) is 8.18. The topological polar surface area (TPSA) is 34.5 Å². The van der Waals surface area contributed by atoms with Crippen LogP contribution < -0.4 is 0 Å². The lowest BCUT2D eigenvalue weighted by atomic mass is 10.3. The molecule has 1 atom stereocenters. The van der Waals surface area contributed by atoms with E-state index in [1.54, 1.807) is 12.4 Å². The molecule has 0 saturated carbocycles. The second-order valence-corrected chi connectivity index (χ2v) is 2.81. The lowest BCUT2D eigenvalue weighted by molar-refractivity contribution is 0.246. The summed E-state index contributed by atoms with van der Waals surface area (Å²) >= 11 is 0. The molecule has 0 radical (unpaired) electrons. The van der Waals surface area contributed by atoms with E-state index in [0.717, 1.165) is 18.0 Å². The predicted molar refractivity (Wildman–Crippen MR) is 46.2 cm³/mol. The first kappa shape index (κ1) is 7.28. The quantitative estimate of drug-likeness (QED) is 0.622. The highest BCUT2D eigenvalue weighted by molar-refractivity contribution is 5.94. The first-order valence-corrected chi connectivity index (χ1v) is 3.98. The molecule has 2 heterocycles. The lowest BCUT2D eigenvalue weighted by Gasteiger charge is -2.04. The number of hydrogen-bond donors (Lipinski definition) is 0. The Morgan fingerprint density at radius 2 is 2.17 bits per heavy atom. The first-order valence-electron chi connectivity index (χ1n) is 3.98. The number of nitrogens with zero attached hydrogens (tertiary/aromatic N) is 2. The Hall–Kier alpha value is -1.38. The van der Waals surface area contributed by atoms with Gasteiger partial charge in [-0.2, -0.15) is 0 Å². The Morgan fingerprint density at radius 1 is 1.42 bits per heavy atom. The van der Waals surface area contributed by atoms with Crippen LogP contribution >= 0.6 is 0 Å². The molecule has 2 rings (SSSR count). The maximum absolute atomic E-state index is 5.47. The molecule has 0 amide bonds. The zero-order chi connectivity index (χ0) is 8.39. The van der Waals surface area contributed by atoms with Gasteiger partial charge in [0.25, 0.3) is 0 Å². The van der Waals surface area contributed by atoms with Gasteiger partial charge >= 0.3 is 0 Å². The summed E-state index contributed by atoms with van der Waals surface area (Å²) in [6.45, 7) is 2.77. The van der Waals surface area contributed by atoms with Crippen LogP contribution in [0.5, 0.6) is 0 Å². The molecule has 3 heteroatoms. The van der Waals surface area contributed by atoms with Crippen LogP contribution in [0.4, 0.5) is 0 Å². The van der Waals surface area contributed by atoms with Crippen molar-refractivity contribution in [1.29, 1.82) is 0 Å². The van der Waals surface area contributed by atoms with Gasteiger partial charge < -0.3 is 4.74 Å². The number of aromatic nitrogens is 1. The van der Waals surface area contributed by atoms with Crippen molar-refractivity contribution in [2.45, 2.75) is 13.0 Å². The Morgan fingerprint density at radius 3 is 2.75 bits per heavy atom. The van der Waals surface area contributed by atoms with Crippen molar-refractivity contribution in [3.05, 3.63) is 30.1 Å². The van der Waals surface area contributed by atoms with Crippen molar-refractivity contribution in [2.75, 3.05) is 6.54 Å². The molecule has 1 aliphatic rings. The fraction of sp³-hybridized carbons (Fsp3) is 0.333. The molecule has 3 nitrogen and oxygen atoms in total. The molecule has 0 spiro atoms. The van der Waals surface area contributed by atoms with Gasteiger partial charge in [0.2, 0.25) is 5.90 Å². The highest BCUT2D eigenvalue weighted by atomic mass is 16.5. The minimum atomic E-state index is 0.216. The average Bonchev–Trinajstić information content (AvgIpc) is 2.54. The molecule has 1 aromatic rings. The SMILES string of the molecule is CC1CN=C(c2ccncc2)O1. The summed E-state index contributed by atoms with van der Waals surface area (Å²) in [5.41, 5.74) is 1.01. The molecule has 1 aliphatic heterocycles. The third-order valence-corrected chi connectivity index (χ3v) is 1.73. The molecule has 0 aromatic carbocycles. The summed E-state index contributed by atoms with van der Waals surface area (Å²) in [7, 11) is 0. The molecule has 0 N–H and O–H groups in total. The van der Waals surface area contributed by atoms with Crippen LogP contribution in [-0.2, 0) is 4.74 Å². The van der Waals surface area contributed by atoms with Crippen LogP contribution in [0.25, 0.3) is 0 Å². The maximum atomic E-state index is 5.47. The van der Waals surface area contributed by atoms with Gasteiger partial charge in [0, 0.05) is 18.0 Å². The zero-order valence-electron chi connectivity index (χ0n) is 6.90. The monoisotopic (exact) mass is 162 g/mol. The van der Waals surface area contributed by atoms with Crippen molar-refractivity contribution in [3.8, 4) is 0 Å². The third-order valence-electron chi connectivity index (χ3n) is 1.73. The number of hydrogen-bond acceptors (Lipinski definition) is 3. The van der Waals surface area contributed by atoms with Gasteiger partial charge in [-0.1, -0.05) is 0 Å². The predicted octanol–water partition coefficient (Wildman–Crippen LogP) is 1.25. The molecular formula is C9H10N2O. The van der Waals surface area contributed by atoms with Gasteiger partial charge in [-0.25, -0.2) is 4.99 Å². The smallest absolute Gasteiger partial charge is 0.216 e. The summed E-state index contributed by atoms with van der Waals surface area (Å²) < 4.78 is 5.47. The maximum Gasteiger partial charge on any atom is 0.216 e. The molecule has 1 unspecified atom stereocenters. The van der Waals surface area contributed by atoms with E-state index < -0.39 is 0 Å². The minimum absolute atomic E-state index is 0.216. The Kier molecular flexibility index (Phi) is 1.78. The summed E-state index contributed by atoms with van der Waals surface area (Å²) in [5.74, 6) is 0.741. The van der Waals surface area contributed by atoms with Crippen LogP contribution in [0, 0.1) is 0 Å². The summed E-state index contributed by atoms with van der Waals surface area (Å²) in [6.07, 6.45) is 3.70. The fourth-order valence-corrected chi connectivity index (χ4v) is 1.13. The van der Waals surface area contributed by atoms with Crippen molar-refractivity contribution >= 4 is 5.90 Å². The van der Waals surface area contributed by atoms with Crippen LogP contribution in [0.15, 0.2) is 29.5 Å². The van der Waals surface area contributed by atoms with Crippen molar-refractivity contribution in [3.63, 3.8) is 0 Å². The molecule has 0 aliphatic carbocycles. The first-order chi connectivity index (χ1) is 5.86. The van der Waals surface area contributed by atoms with Gasteiger partial charge in [0.1, 0.15) is 6.10 Å². The molecule has 0 saturated heterocycles. The van der Waals surface area contributed by atoms with Gasteiger partial charge in [0.05, 0.1) is 6.54 Å². The number of pyridine rings is 1. The van der Waals surface area contributed by atoms with E-state index in [2.05, 4.69) is 9.98 Å². The normalized spacial score (nSPS) is 21.8. The van der Waals surface area contributed by atoms with Crippen LogP contribution in [0.1, 0.15) is 12.5 Å². The second-order valence-electron chi connectivity index (χ2n) is 2.81. The Balaban J connectivity index is 2.22. The molecule has 1 aromatic heterocycles. The van der Waals surface area contributed by atoms with Crippen molar-refractivity contribution in [2.24, 2.45) is 4.99 Å². The molecular weight excluding hydrogens is 152 g/mol. The number of ether oxygens (including phenoxy) is 1.